The summed E-state index contributed by atoms with van der Waals surface area (Å²) in [7, 11) is 2.24. The van der Waals surface area contributed by atoms with Crippen molar-refractivity contribution in [3.05, 3.63) is 181 Å². The predicted molar refractivity (Wildman–Crippen MR) is 445 cm³/mol. The number of carbonyl (C=O) groups excluding carboxylic acids is 5. The van der Waals surface area contributed by atoms with E-state index in [4.69, 9.17) is 59.5 Å². The van der Waals surface area contributed by atoms with Gasteiger partial charge in [0.15, 0.2) is 17.5 Å². The number of nitrogens with zero attached hydrogens (tertiary/aromatic N) is 18. The van der Waals surface area contributed by atoms with Gasteiger partial charge in [-0.2, -0.15) is 20.4 Å². The van der Waals surface area contributed by atoms with Crippen LogP contribution >= 0.6 is 57.4 Å². The average Bonchev–Trinajstić information content (AvgIpc) is 1.63. The van der Waals surface area contributed by atoms with E-state index in [9.17, 15) is 24.0 Å². The molecule has 0 bridgehead atoms. The van der Waals surface area contributed by atoms with Gasteiger partial charge >= 0.3 is 7.69 Å². The van der Waals surface area contributed by atoms with Crippen LogP contribution in [-0.4, -0.2) is 180 Å². The number of amides is 3. The van der Waals surface area contributed by atoms with Gasteiger partial charge in [-0.15, -0.1) is 10.2 Å². The molecule has 3 amide bonds. The van der Waals surface area contributed by atoms with E-state index in [2.05, 4.69) is 143 Å². The summed E-state index contributed by atoms with van der Waals surface area (Å²) in [6, 6.07) is 22.9. The Morgan fingerprint density at radius 3 is 1.46 bits per heavy atom. The van der Waals surface area contributed by atoms with Crippen LogP contribution in [0.1, 0.15) is 63.7 Å². The van der Waals surface area contributed by atoms with Crippen molar-refractivity contribution in [1.29, 1.82) is 0 Å². The van der Waals surface area contributed by atoms with E-state index in [-0.39, 0.29) is 30.2 Å². The van der Waals surface area contributed by atoms with Crippen molar-refractivity contribution < 1.29 is 43.1 Å². The number of ether oxygens (including phenoxy) is 2. The summed E-state index contributed by atoms with van der Waals surface area (Å²) < 4.78 is 25.5. The third-order valence-electron chi connectivity index (χ3n) is 16.1. The Morgan fingerprint density at radius 1 is 0.562 bits per heavy atom. The minimum absolute atomic E-state index is 0.171. The van der Waals surface area contributed by atoms with Crippen LogP contribution in [0.25, 0.3) is 73.7 Å². The number of carbonyl (C=O) groups is 5. The number of hydrogen-bond donors (Lipinski definition) is 5. The molecule has 31 nitrogen and oxygen atoms in total. The van der Waals surface area contributed by atoms with Gasteiger partial charge in [-0.05, 0) is 134 Å². The summed E-state index contributed by atoms with van der Waals surface area (Å²) in [6.07, 6.45) is 16.8. The minimum Gasteiger partial charge on any atom is -0.536 e. The number of aromatic nitrogens is 18. The lowest BCUT2D eigenvalue weighted by Gasteiger charge is -2.15. The molecule has 112 heavy (non-hydrogen) atoms. The first-order chi connectivity index (χ1) is 53.2. The van der Waals surface area contributed by atoms with Crippen LogP contribution in [0.5, 0.6) is 5.75 Å². The molecule has 9 heterocycles. The summed E-state index contributed by atoms with van der Waals surface area (Å²) >= 11 is 21.0. The molecule has 3 aromatic carbocycles. The fourth-order valence-corrected chi connectivity index (χ4v) is 13.2. The van der Waals surface area contributed by atoms with E-state index in [0.717, 1.165) is 85.5 Å². The lowest BCUT2D eigenvalue weighted by molar-refractivity contribution is -0.115. The fraction of sp³-hybridized carbons (Fsp3) is 0.284. The lowest BCUT2D eigenvalue weighted by Crippen LogP contribution is -2.22. The number of nitrogens with one attached hydrogen (secondary N) is 4. The third-order valence-corrected chi connectivity index (χ3v) is 21.3. The summed E-state index contributed by atoms with van der Waals surface area (Å²) in [5.74, 6) is 2.59. The first-order valence-corrected chi connectivity index (χ1v) is 44.4. The van der Waals surface area contributed by atoms with Gasteiger partial charge in [0, 0.05) is 134 Å². The molecule has 0 unspecified atom stereocenters. The van der Waals surface area contributed by atoms with Crippen molar-refractivity contribution in [2.75, 3.05) is 43.3 Å². The number of pyridine rings is 3. The Balaban J connectivity index is 0.000000180. The highest BCUT2D eigenvalue weighted by Crippen LogP contribution is 2.38. The molecule has 0 aliphatic carbocycles. The second-order valence-electron chi connectivity index (χ2n) is 28.2. The van der Waals surface area contributed by atoms with Crippen LogP contribution in [-0.2, 0) is 43.9 Å². The highest BCUT2D eigenvalue weighted by Gasteiger charge is 2.25. The van der Waals surface area contributed by atoms with Crippen LogP contribution in [0, 0.1) is 24.5 Å². The number of H-pyrrole nitrogens is 1. The molecule has 0 fully saturated rings. The largest absolute Gasteiger partial charge is 0.569 e. The van der Waals surface area contributed by atoms with Crippen LogP contribution < -0.4 is 20.6 Å². The number of aromatic amines is 1. The second-order valence-corrected chi connectivity index (χ2v) is 41.7. The van der Waals surface area contributed by atoms with E-state index in [1.807, 2.05) is 65.5 Å². The maximum absolute atomic E-state index is 11.6. The molecule has 12 aromatic rings. The maximum Gasteiger partial charge on any atom is 0.569 e. The number of halogens is 4. The Bertz CT molecular complexity index is 5290. The van der Waals surface area contributed by atoms with Crippen LogP contribution in [0.15, 0.2) is 129 Å². The zero-order chi connectivity index (χ0) is 81.1. The zero-order valence-electron chi connectivity index (χ0n) is 64.1. The smallest absolute Gasteiger partial charge is 0.536 e. The van der Waals surface area contributed by atoms with Gasteiger partial charge < -0.3 is 40.0 Å². The van der Waals surface area contributed by atoms with Gasteiger partial charge in [0.25, 0.3) is 0 Å². The second kappa shape index (κ2) is 39.2. The van der Waals surface area contributed by atoms with Crippen molar-refractivity contribution in [2.45, 2.75) is 113 Å². The number of aryl methyl sites for hydroxylation is 3. The van der Waals surface area contributed by atoms with E-state index in [1.165, 1.54) is 39.2 Å². The number of hydrogen-bond acceptors (Lipinski definition) is 22. The minimum atomic E-state index is -1.19. The maximum atomic E-state index is 11.6. The Hall–Kier alpha value is -10.4. The van der Waals surface area contributed by atoms with E-state index >= 15 is 0 Å². The lowest BCUT2D eigenvalue weighted by atomic mass is 10.0. The molecule has 1 radical (unpaired) electrons. The third kappa shape index (κ3) is 24.3. The Kier molecular flexibility index (Phi) is 30.0. The number of anilines is 3. The van der Waals surface area contributed by atoms with Gasteiger partial charge in [0.1, 0.15) is 83.3 Å². The molecule has 0 aliphatic rings. The van der Waals surface area contributed by atoms with Crippen molar-refractivity contribution in [1.82, 2.24) is 93.9 Å². The molecular weight excluding hydrogens is 1640 g/mol. The molecule has 0 spiro atoms. The van der Waals surface area contributed by atoms with Crippen molar-refractivity contribution in [2.24, 2.45) is 0 Å². The first-order valence-electron chi connectivity index (χ1n) is 34.8. The van der Waals surface area contributed by atoms with E-state index < -0.39 is 16.1 Å². The molecule has 583 valence electrons. The standard InChI is InChI=1S/C26H30ClN7O3Si.C22H23ClN8O.C19H26IN7O2Si.C7H5BClO3/c1-17-12-28-24(30-18(2)36)11-23(17)34-13-21(25(31-34)20-10-19(14-35)6-7-22(20)27)26-29-15-33(32-26)16-37-8-9-38(3,4)5;1-13-9-24-20(27-14(2)32)8-19(13)31-11-17(22-25-12-26-28-22)21(29-31)16-7-15(10-30(3)4)5-6-18(16)23;1-13-9-21-17(23-14(2)28)8-16(13)27-10-15(18(20)24-27)19-22-11-26(25-19)12-29-6-7-30(3,4)5;9-6-2-1-5(4-10)3-7(6)12-8-11/h6-7,10-15H,8-9,16H2,1-5H3,(H,28,30,36);5-9,11-12H,10H2,1-4H3,(H,24,27,32)(H,25,26,28);8-11H,6-7,12H2,1-5H3,(H,21,23,28);1-4,11H. The number of benzene rings is 3. The topological polar surface area (TPSA) is 368 Å². The number of aldehydes is 2. The van der Waals surface area contributed by atoms with Crippen molar-refractivity contribution in [3.63, 3.8) is 0 Å². The quantitative estimate of drug-likeness (QED) is 0.0138. The van der Waals surface area contributed by atoms with Crippen molar-refractivity contribution >= 4 is 129 Å². The molecule has 5 N–H and O–H groups in total. The normalized spacial score (nSPS) is 11.2. The Morgan fingerprint density at radius 2 is 1.00 bits per heavy atom. The van der Waals surface area contributed by atoms with Crippen LogP contribution in [0.4, 0.5) is 17.5 Å². The van der Waals surface area contributed by atoms with Gasteiger partial charge in [0.2, 0.25) is 17.7 Å². The number of rotatable bonds is 27. The molecule has 38 heteroatoms. The molecule has 9 aromatic heterocycles. The fourth-order valence-electron chi connectivity index (χ4n) is 10.5. The average molecular weight is 1730 g/mol. The van der Waals surface area contributed by atoms with E-state index in [1.54, 1.807) is 103 Å². The molecule has 0 saturated carbocycles. The van der Waals surface area contributed by atoms with E-state index in [0.29, 0.717) is 117 Å². The predicted octanol–water partition coefficient (Wildman–Crippen LogP) is 13.7. The highest BCUT2D eigenvalue weighted by atomic mass is 127. The highest BCUT2D eigenvalue weighted by molar-refractivity contribution is 14.1. The molecule has 0 atom stereocenters. The monoisotopic (exact) mass is 1720 g/mol. The van der Waals surface area contributed by atoms with Gasteiger partial charge in [-0.1, -0.05) is 86.2 Å². The molecule has 0 saturated heterocycles. The van der Waals surface area contributed by atoms with Gasteiger partial charge in [0.05, 0.1) is 48.8 Å². The van der Waals surface area contributed by atoms with Gasteiger partial charge in [-0.25, -0.2) is 53.3 Å². The summed E-state index contributed by atoms with van der Waals surface area (Å²) in [4.78, 5) is 84.3. The molecular formula is C74H84BCl3IN22O9Si2. The van der Waals surface area contributed by atoms with Crippen molar-refractivity contribution in [3.8, 4) is 79.5 Å². The molecule has 0 aliphatic heterocycles. The first kappa shape index (κ1) is 85.6. The van der Waals surface area contributed by atoms with Crippen LogP contribution in [0.2, 0.25) is 66.4 Å². The van der Waals surface area contributed by atoms with Crippen LogP contribution in [0.3, 0.4) is 0 Å². The summed E-state index contributed by atoms with van der Waals surface area (Å²) in [6.45, 7) is 26.8. The SMILES string of the molecule is CC(=O)Nc1cc(-n2cc(-c3ncn(COCC[Si](C)(C)C)n3)c(-c3cc(C=O)ccc3Cl)n2)c(C)cn1.CC(=O)Nc1cc(-n2cc(-c3ncn(COCC[Si](C)(C)C)n3)c(I)n2)c(C)cn1.CC(=O)Nc1cc(-n2cc(-c3ncn[nH]3)c(-c3cc(CN(C)C)ccc3Cl)n2)c(C)cn1.O=Cc1ccc(Cl)c(O[B]O)c1. The summed E-state index contributed by atoms with van der Waals surface area (Å²) in [5.41, 5.74) is 11.7. The molecule has 12 rings (SSSR count). The zero-order valence-corrected chi connectivity index (χ0v) is 70.5. The Labute approximate surface area is 678 Å². The van der Waals surface area contributed by atoms with Gasteiger partial charge in [-0.3, -0.25) is 29.1 Å². The summed E-state index contributed by atoms with van der Waals surface area (Å²) in [5, 5.41) is 48.1.